The number of hydrogen-bond acceptors (Lipinski definition) is 6. The Morgan fingerprint density at radius 3 is 2.33 bits per heavy atom. The molecule has 3 aromatic carbocycles. The van der Waals surface area contributed by atoms with E-state index >= 15 is 0 Å². The molecule has 0 N–H and O–H groups in total. The van der Waals surface area contributed by atoms with Gasteiger partial charge in [-0.2, -0.15) is 0 Å². The number of benzene rings is 3. The van der Waals surface area contributed by atoms with Crippen LogP contribution in [-0.2, 0) is 4.79 Å². The molecule has 5 rings (SSSR count). The van der Waals surface area contributed by atoms with Gasteiger partial charge < -0.3 is 9.47 Å². The van der Waals surface area contributed by atoms with Crippen molar-refractivity contribution in [3.05, 3.63) is 83.9 Å². The third-order valence-electron chi connectivity index (χ3n) is 7.15. The molecule has 1 fully saturated rings. The minimum Gasteiger partial charge on any atom is -0.492 e. The number of fused-ring (bicyclic) bond motifs is 1. The van der Waals surface area contributed by atoms with Gasteiger partial charge in [-0.15, -0.1) is 11.3 Å². The van der Waals surface area contributed by atoms with Crippen molar-refractivity contribution in [1.82, 2.24) is 4.90 Å². The SMILES string of the molecule is CCCCC(=O)Oc1ccc(-c2sc3ccccc3c2C(=O)c2ccc(OCCN3CCCCC3)cc2)cc1. The van der Waals surface area contributed by atoms with E-state index in [9.17, 15) is 9.59 Å². The van der Waals surface area contributed by atoms with Gasteiger partial charge in [0.05, 0.1) is 0 Å². The van der Waals surface area contributed by atoms with Crippen molar-refractivity contribution >= 4 is 33.2 Å². The van der Waals surface area contributed by atoms with Crippen molar-refractivity contribution in [3.63, 3.8) is 0 Å². The van der Waals surface area contributed by atoms with Crippen LogP contribution in [0.3, 0.4) is 0 Å². The van der Waals surface area contributed by atoms with Crippen LogP contribution >= 0.6 is 11.3 Å². The molecule has 0 saturated carbocycles. The summed E-state index contributed by atoms with van der Waals surface area (Å²) in [6.45, 7) is 5.94. The summed E-state index contributed by atoms with van der Waals surface area (Å²) >= 11 is 1.60. The lowest BCUT2D eigenvalue weighted by Gasteiger charge is -2.26. The Kier molecular flexibility index (Phi) is 9.07. The Hall–Kier alpha value is -3.48. The fraction of sp³-hybridized carbons (Fsp3) is 0.333. The highest BCUT2D eigenvalue weighted by molar-refractivity contribution is 7.22. The summed E-state index contributed by atoms with van der Waals surface area (Å²) in [6, 6.07) is 22.9. The average Bonchev–Trinajstić information content (AvgIpc) is 3.37. The molecular weight excluding hydrogens is 506 g/mol. The zero-order valence-electron chi connectivity index (χ0n) is 22.5. The molecule has 4 aromatic rings. The molecule has 0 bridgehead atoms. The Morgan fingerprint density at radius 2 is 1.59 bits per heavy atom. The van der Waals surface area contributed by atoms with Crippen molar-refractivity contribution in [3.8, 4) is 21.9 Å². The maximum atomic E-state index is 13.9. The number of hydrogen-bond donors (Lipinski definition) is 0. The fourth-order valence-electron chi connectivity index (χ4n) is 4.97. The quantitative estimate of drug-likeness (QED) is 0.110. The van der Waals surface area contributed by atoms with E-state index in [1.54, 1.807) is 23.5 Å². The van der Waals surface area contributed by atoms with E-state index in [4.69, 9.17) is 9.47 Å². The highest BCUT2D eigenvalue weighted by atomic mass is 32.1. The van der Waals surface area contributed by atoms with E-state index in [1.807, 2.05) is 67.6 Å². The molecule has 1 saturated heterocycles. The topological polar surface area (TPSA) is 55.8 Å². The summed E-state index contributed by atoms with van der Waals surface area (Å²) in [7, 11) is 0. The zero-order chi connectivity index (χ0) is 27.0. The number of nitrogens with zero attached hydrogens (tertiary/aromatic N) is 1. The third-order valence-corrected chi connectivity index (χ3v) is 8.37. The lowest BCUT2D eigenvalue weighted by atomic mass is 9.97. The van der Waals surface area contributed by atoms with Gasteiger partial charge in [-0.1, -0.05) is 38.0 Å². The number of thiophene rings is 1. The molecule has 1 aliphatic heterocycles. The Balaban J connectivity index is 1.33. The van der Waals surface area contributed by atoms with Gasteiger partial charge >= 0.3 is 5.97 Å². The van der Waals surface area contributed by atoms with Crippen molar-refractivity contribution in [1.29, 1.82) is 0 Å². The minimum absolute atomic E-state index is 0.0163. The average molecular weight is 542 g/mol. The van der Waals surface area contributed by atoms with Crippen molar-refractivity contribution in [2.24, 2.45) is 0 Å². The molecule has 0 aliphatic carbocycles. The number of ketones is 1. The number of piperidine rings is 1. The first kappa shape index (κ1) is 27.1. The van der Waals surface area contributed by atoms with Crippen LogP contribution in [0.4, 0.5) is 0 Å². The molecule has 2 heterocycles. The first-order chi connectivity index (χ1) is 19.1. The number of ether oxygens (including phenoxy) is 2. The molecule has 39 heavy (non-hydrogen) atoms. The summed E-state index contributed by atoms with van der Waals surface area (Å²) in [4.78, 5) is 29.2. The van der Waals surface area contributed by atoms with Crippen molar-refractivity contribution in [2.75, 3.05) is 26.2 Å². The Labute approximate surface area is 234 Å². The standard InChI is InChI=1S/C33H35NO4S/c1-2-3-11-30(35)38-27-18-14-25(15-19-27)33-31(28-9-5-6-10-29(28)39-33)32(36)24-12-16-26(17-13-24)37-23-22-34-20-7-4-8-21-34/h5-6,9-10,12-19H,2-4,7-8,11,20-23H2,1H3. The van der Waals surface area contributed by atoms with Crippen molar-refractivity contribution < 1.29 is 19.1 Å². The van der Waals surface area contributed by atoms with E-state index in [0.717, 1.165) is 58.8 Å². The van der Waals surface area contributed by atoms with Gasteiger partial charge in [0.2, 0.25) is 0 Å². The van der Waals surface area contributed by atoms with Gasteiger partial charge in [-0.25, -0.2) is 0 Å². The van der Waals surface area contributed by atoms with Crippen molar-refractivity contribution in [2.45, 2.75) is 45.4 Å². The number of esters is 1. The lowest BCUT2D eigenvalue weighted by Crippen LogP contribution is -2.33. The maximum absolute atomic E-state index is 13.9. The summed E-state index contributed by atoms with van der Waals surface area (Å²) in [5.41, 5.74) is 2.25. The van der Waals surface area contributed by atoms with Crippen LogP contribution in [0.15, 0.2) is 72.8 Å². The van der Waals surface area contributed by atoms with Crippen LogP contribution in [0.2, 0.25) is 0 Å². The van der Waals surface area contributed by atoms with Crippen LogP contribution in [0, 0.1) is 0 Å². The molecule has 6 heteroatoms. The number of carbonyl (C=O) groups excluding carboxylic acids is 2. The minimum atomic E-state index is -0.221. The smallest absolute Gasteiger partial charge is 0.311 e. The number of unbranched alkanes of at least 4 members (excludes halogenated alkanes) is 1. The summed E-state index contributed by atoms with van der Waals surface area (Å²) in [5, 5.41) is 0.944. The summed E-state index contributed by atoms with van der Waals surface area (Å²) < 4.78 is 12.5. The van der Waals surface area contributed by atoms with Gasteiger partial charge in [0.1, 0.15) is 18.1 Å². The zero-order valence-corrected chi connectivity index (χ0v) is 23.3. The second kappa shape index (κ2) is 13.0. The maximum Gasteiger partial charge on any atom is 0.311 e. The van der Waals surface area contributed by atoms with E-state index in [0.29, 0.717) is 29.9 Å². The van der Waals surface area contributed by atoms with Gasteiger partial charge in [0, 0.05) is 39.1 Å². The second-order valence-electron chi connectivity index (χ2n) is 10.0. The summed E-state index contributed by atoms with van der Waals surface area (Å²) in [6.07, 6.45) is 6.05. The first-order valence-electron chi connectivity index (χ1n) is 13.9. The van der Waals surface area contributed by atoms with Gasteiger partial charge in [0.15, 0.2) is 5.78 Å². The normalized spacial score (nSPS) is 13.9. The Morgan fingerprint density at radius 1 is 0.872 bits per heavy atom. The summed E-state index contributed by atoms with van der Waals surface area (Å²) in [5.74, 6) is 1.06. The lowest BCUT2D eigenvalue weighted by molar-refractivity contribution is -0.134. The molecule has 0 unspecified atom stereocenters. The largest absolute Gasteiger partial charge is 0.492 e. The number of likely N-dealkylation sites (tertiary alicyclic amines) is 1. The predicted molar refractivity (Wildman–Crippen MR) is 158 cm³/mol. The molecule has 0 amide bonds. The van der Waals surface area contributed by atoms with Crippen LogP contribution < -0.4 is 9.47 Å². The highest BCUT2D eigenvalue weighted by Crippen LogP contribution is 2.40. The van der Waals surface area contributed by atoms with Crippen LogP contribution in [0.1, 0.15) is 61.4 Å². The molecule has 1 aromatic heterocycles. The van der Waals surface area contributed by atoms with E-state index < -0.39 is 0 Å². The van der Waals surface area contributed by atoms with Gasteiger partial charge in [0.25, 0.3) is 0 Å². The monoisotopic (exact) mass is 541 g/mol. The highest BCUT2D eigenvalue weighted by Gasteiger charge is 2.22. The molecule has 202 valence electrons. The van der Waals surface area contributed by atoms with Gasteiger partial charge in [-0.3, -0.25) is 14.5 Å². The number of carbonyl (C=O) groups is 2. The third kappa shape index (κ3) is 6.75. The molecule has 0 atom stereocenters. The van der Waals surface area contributed by atoms with Gasteiger partial charge in [-0.05, 0) is 92.5 Å². The first-order valence-corrected chi connectivity index (χ1v) is 14.8. The predicted octanol–water partition coefficient (Wildman–Crippen LogP) is 7.76. The number of rotatable bonds is 11. The van der Waals surface area contributed by atoms with Crippen LogP contribution in [0.25, 0.3) is 20.5 Å². The van der Waals surface area contributed by atoms with Crippen LogP contribution in [0.5, 0.6) is 11.5 Å². The molecule has 5 nitrogen and oxygen atoms in total. The van der Waals surface area contributed by atoms with E-state index in [1.165, 1.54) is 19.3 Å². The molecular formula is C33H35NO4S. The second-order valence-corrected chi connectivity index (χ2v) is 11.1. The van der Waals surface area contributed by atoms with E-state index in [2.05, 4.69) is 4.90 Å². The van der Waals surface area contributed by atoms with E-state index in [-0.39, 0.29) is 11.8 Å². The molecule has 1 aliphatic rings. The molecule has 0 radical (unpaired) electrons. The van der Waals surface area contributed by atoms with Crippen LogP contribution in [-0.4, -0.2) is 42.9 Å². The Bertz CT molecular complexity index is 1400. The molecule has 0 spiro atoms. The fourth-order valence-corrected chi connectivity index (χ4v) is 6.18.